The van der Waals surface area contributed by atoms with Crippen LogP contribution in [0.15, 0.2) is 42.0 Å². The highest BCUT2D eigenvalue weighted by Gasteiger charge is 1.94. The molecule has 0 aromatic heterocycles. The molecule has 0 radical (unpaired) electrons. The highest BCUT2D eigenvalue weighted by Crippen LogP contribution is 2.10. The first-order chi connectivity index (χ1) is 6.36. The zero-order chi connectivity index (χ0) is 9.52. The van der Waals surface area contributed by atoms with Crippen LogP contribution in [0.5, 0.6) is 5.75 Å². The summed E-state index contributed by atoms with van der Waals surface area (Å²) in [6.45, 7) is 4.90. The molecular formula is C12H16O. The Balaban J connectivity index is 2.43. The van der Waals surface area contributed by atoms with Gasteiger partial charge in [0.2, 0.25) is 0 Å². The molecule has 1 nitrogen and oxygen atoms in total. The number of allylic oxidation sites excluding steroid dienone is 1. The van der Waals surface area contributed by atoms with Crippen molar-refractivity contribution < 1.29 is 4.74 Å². The van der Waals surface area contributed by atoms with E-state index in [1.807, 2.05) is 37.3 Å². The van der Waals surface area contributed by atoms with Gasteiger partial charge < -0.3 is 4.74 Å². The molecule has 0 bridgehead atoms. The van der Waals surface area contributed by atoms with Crippen LogP contribution in [-0.4, -0.2) is 6.61 Å². The van der Waals surface area contributed by atoms with Crippen LogP contribution < -0.4 is 4.74 Å². The SMILES string of the molecule is CC=C(CC)COc1ccccc1. The second kappa shape index (κ2) is 5.41. The molecule has 0 heterocycles. The van der Waals surface area contributed by atoms with E-state index in [4.69, 9.17) is 4.74 Å². The molecule has 70 valence electrons. The van der Waals surface area contributed by atoms with Crippen LogP contribution in [0.1, 0.15) is 20.3 Å². The molecule has 1 aromatic carbocycles. The molecule has 0 amide bonds. The Labute approximate surface area is 80.0 Å². The summed E-state index contributed by atoms with van der Waals surface area (Å²) < 4.78 is 5.58. The number of hydrogen-bond donors (Lipinski definition) is 0. The van der Waals surface area contributed by atoms with Crippen molar-refractivity contribution in [3.8, 4) is 5.75 Å². The van der Waals surface area contributed by atoms with Crippen molar-refractivity contribution in [2.75, 3.05) is 6.61 Å². The Hall–Kier alpha value is -1.24. The number of para-hydroxylation sites is 1. The minimum atomic E-state index is 0.705. The van der Waals surface area contributed by atoms with Crippen LogP contribution in [0, 0.1) is 0 Å². The Bertz CT molecular complexity index is 262. The Morgan fingerprint density at radius 3 is 2.54 bits per heavy atom. The largest absolute Gasteiger partial charge is 0.489 e. The zero-order valence-corrected chi connectivity index (χ0v) is 8.29. The van der Waals surface area contributed by atoms with E-state index < -0.39 is 0 Å². The van der Waals surface area contributed by atoms with Gasteiger partial charge in [-0.15, -0.1) is 0 Å². The van der Waals surface area contributed by atoms with Gasteiger partial charge in [-0.05, 0) is 31.1 Å². The molecule has 1 aromatic rings. The molecule has 0 spiro atoms. The Kier molecular flexibility index (Phi) is 4.10. The van der Waals surface area contributed by atoms with E-state index in [1.165, 1.54) is 5.57 Å². The standard InChI is InChI=1S/C12H16O/c1-3-11(4-2)10-13-12-8-6-5-7-9-12/h3,5-9H,4,10H2,1-2H3. The monoisotopic (exact) mass is 176 g/mol. The molecule has 0 aliphatic carbocycles. The molecule has 0 aliphatic rings. The zero-order valence-electron chi connectivity index (χ0n) is 8.29. The summed E-state index contributed by atoms with van der Waals surface area (Å²) in [6, 6.07) is 9.91. The van der Waals surface area contributed by atoms with E-state index in [0.29, 0.717) is 6.61 Å². The first-order valence-corrected chi connectivity index (χ1v) is 4.68. The van der Waals surface area contributed by atoms with Crippen molar-refractivity contribution >= 4 is 0 Å². The van der Waals surface area contributed by atoms with Crippen LogP contribution in [0.4, 0.5) is 0 Å². The van der Waals surface area contributed by atoms with Gasteiger partial charge in [-0.25, -0.2) is 0 Å². The Morgan fingerprint density at radius 2 is 2.00 bits per heavy atom. The summed E-state index contributed by atoms with van der Waals surface area (Å²) in [7, 11) is 0. The third-order valence-corrected chi connectivity index (χ3v) is 2.03. The third-order valence-electron chi connectivity index (χ3n) is 2.03. The van der Waals surface area contributed by atoms with Crippen LogP contribution >= 0.6 is 0 Å². The van der Waals surface area contributed by atoms with Crippen molar-refractivity contribution in [1.82, 2.24) is 0 Å². The molecule has 0 saturated heterocycles. The fraction of sp³-hybridized carbons (Fsp3) is 0.333. The van der Waals surface area contributed by atoms with Gasteiger partial charge in [0.1, 0.15) is 12.4 Å². The lowest BCUT2D eigenvalue weighted by molar-refractivity contribution is 0.348. The fourth-order valence-corrected chi connectivity index (χ4v) is 1.08. The van der Waals surface area contributed by atoms with Gasteiger partial charge in [0.15, 0.2) is 0 Å². The molecule has 13 heavy (non-hydrogen) atoms. The predicted molar refractivity (Wildman–Crippen MR) is 56.0 cm³/mol. The number of rotatable bonds is 4. The molecule has 0 atom stereocenters. The van der Waals surface area contributed by atoms with Gasteiger partial charge >= 0.3 is 0 Å². The second-order valence-corrected chi connectivity index (χ2v) is 2.90. The smallest absolute Gasteiger partial charge is 0.119 e. The summed E-state index contributed by atoms with van der Waals surface area (Å²) >= 11 is 0. The highest BCUT2D eigenvalue weighted by molar-refractivity contribution is 5.21. The lowest BCUT2D eigenvalue weighted by atomic mass is 10.2. The average molecular weight is 176 g/mol. The van der Waals surface area contributed by atoms with Crippen molar-refractivity contribution in [3.63, 3.8) is 0 Å². The van der Waals surface area contributed by atoms with Crippen LogP contribution in [-0.2, 0) is 0 Å². The maximum absolute atomic E-state index is 5.58. The van der Waals surface area contributed by atoms with E-state index in [9.17, 15) is 0 Å². The van der Waals surface area contributed by atoms with Crippen LogP contribution in [0.25, 0.3) is 0 Å². The minimum Gasteiger partial charge on any atom is -0.489 e. The summed E-state index contributed by atoms with van der Waals surface area (Å²) in [4.78, 5) is 0. The molecule has 1 rings (SSSR count). The predicted octanol–water partition coefficient (Wildman–Crippen LogP) is 3.42. The van der Waals surface area contributed by atoms with Crippen LogP contribution in [0.2, 0.25) is 0 Å². The van der Waals surface area contributed by atoms with Crippen molar-refractivity contribution in [2.24, 2.45) is 0 Å². The normalized spacial score (nSPS) is 11.4. The third kappa shape index (κ3) is 3.32. The van der Waals surface area contributed by atoms with E-state index in [0.717, 1.165) is 12.2 Å². The van der Waals surface area contributed by atoms with Crippen molar-refractivity contribution in [2.45, 2.75) is 20.3 Å². The van der Waals surface area contributed by atoms with Gasteiger partial charge in [0.05, 0.1) is 0 Å². The molecule has 0 N–H and O–H groups in total. The lowest BCUT2D eigenvalue weighted by Crippen LogP contribution is -1.99. The Morgan fingerprint density at radius 1 is 1.31 bits per heavy atom. The first-order valence-electron chi connectivity index (χ1n) is 4.68. The van der Waals surface area contributed by atoms with Gasteiger partial charge in [-0.2, -0.15) is 0 Å². The van der Waals surface area contributed by atoms with Gasteiger partial charge in [0, 0.05) is 0 Å². The molecular weight excluding hydrogens is 160 g/mol. The summed E-state index contributed by atoms with van der Waals surface area (Å²) in [5.74, 6) is 0.940. The average Bonchev–Trinajstić information content (AvgIpc) is 2.21. The van der Waals surface area contributed by atoms with Crippen molar-refractivity contribution in [3.05, 3.63) is 42.0 Å². The number of ether oxygens (including phenoxy) is 1. The van der Waals surface area contributed by atoms with E-state index in [-0.39, 0.29) is 0 Å². The molecule has 0 saturated carbocycles. The lowest BCUT2D eigenvalue weighted by Gasteiger charge is -2.07. The van der Waals surface area contributed by atoms with Gasteiger partial charge in [-0.3, -0.25) is 0 Å². The molecule has 0 aliphatic heterocycles. The summed E-state index contributed by atoms with van der Waals surface area (Å²) in [5, 5.41) is 0. The molecule has 0 unspecified atom stereocenters. The second-order valence-electron chi connectivity index (χ2n) is 2.90. The number of hydrogen-bond acceptors (Lipinski definition) is 1. The summed E-state index contributed by atoms with van der Waals surface area (Å²) in [6.07, 6.45) is 3.17. The molecule has 0 fully saturated rings. The molecule has 1 heteroatoms. The highest BCUT2D eigenvalue weighted by atomic mass is 16.5. The summed E-state index contributed by atoms with van der Waals surface area (Å²) in [5.41, 5.74) is 1.34. The first kappa shape index (κ1) is 9.85. The number of benzene rings is 1. The van der Waals surface area contributed by atoms with E-state index >= 15 is 0 Å². The van der Waals surface area contributed by atoms with Gasteiger partial charge in [0.25, 0.3) is 0 Å². The van der Waals surface area contributed by atoms with Crippen molar-refractivity contribution in [1.29, 1.82) is 0 Å². The minimum absolute atomic E-state index is 0.705. The fourth-order valence-electron chi connectivity index (χ4n) is 1.08. The quantitative estimate of drug-likeness (QED) is 0.639. The van der Waals surface area contributed by atoms with E-state index in [2.05, 4.69) is 13.0 Å². The topological polar surface area (TPSA) is 9.23 Å². The van der Waals surface area contributed by atoms with E-state index in [1.54, 1.807) is 0 Å². The maximum Gasteiger partial charge on any atom is 0.119 e. The maximum atomic E-state index is 5.58. The van der Waals surface area contributed by atoms with Gasteiger partial charge in [-0.1, -0.05) is 31.2 Å². The van der Waals surface area contributed by atoms with Crippen LogP contribution in [0.3, 0.4) is 0 Å².